The molecule has 1 heterocycles. The number of unbranched alkanes of at least 4 members (excludes halogenated alkanes) is 3. The lowest BCUT2D eigenvalue weighted by Crippen LogP contribution is -1.96. The van der Waals surface area contributed by atoms with Crippen molar-refractivity contribution < 1.29 is 4.74 Å². The van der Waals surface area contributed by atoms with Crippen LogP contribution < -0.4 is 4.74 Å². The summed E-state index contributed by atoms with van der Waals surface area (Å²) in [6, 6.07) is 10.3. The van der Waals surface area contributed by atoms with Crippen molar-refractivity contribution in [1.82, 2.24) is 4.98 Å². The van der Waals surface area contributed by atoms with Crippen molar-refractivity contribution in [2.75, 3.05) is 6.61 Å². The van der Waals surface area contributed by atoms with Crippen molar-refractivity contribution in [3.63, 3.8) is 0 Å². The number of benzene rings is 1. The third-order valence-electron chi connectivity index (χ3n) is 3.24. The average molecular weight is 269 g/mol. The van der Waals surface area contributed by atoms with Gasteiger partial charge in [0.15, 0.2) is 0 Å². The monoisotopic (exact) mass is 269 g/mol. The second-order valence-electron chi connectivity index (χ2n) is 4.96. The molecule has 0 atom stereocenters. The fourth-order valence-electron chi connectivity index (χ4n) is 2.03. The molecule has 0 aliphatic rings. The van der Waals surface area contributed by atoms with Gasteiger partial charge in [-0.2, -0.15) is 0 Å². The van der Waals surface area contributed by atoms with Crippen LogP contribution in [-0.4, -0.2) is 11.6 Å². The lowest BCUT2D eigenvalue weighted by Gasteiger charge is -2.05. The van der Waals surface area contributed by atoms with Crippen LogP contribution >= 0.6 is 0 Å². The van der Waals surface area contributed by atoms with Crippen molar-refractivity contribution in [2.45, 2.75) is 32.6 Å². The maximum atomic E-state index is 5.73. The van der Waals surface area contributed by atoms with Gasteiger partial charge in [-0.1, -0.05) is 50.5 Å². The molecule has 0 amide bonds. The summed E-state index contributed by atoms with van der Waals surface area (Å²) in [7, 11) is 0. The Morgan fingerprint density at radius 1 is 0.950 bits per heavy atom. The number of hydrogen-bond donors (Lipinski definition) is 1. The highest BCUT2D eigenvalue weighted by Gasteiger charge is 1.94. The van der Waals surface area contributed by atoms with Crippen LogP contribution in [0.1, 0.15) is 43.7 Å². The molecule has 2 rings (SSSR count). The standard InChI is InChI=1S/C18H23NO/c1-2-3-4-5-14-20-18-10-8-16(9-11-18)6-7-17-12-13-19-15-17/h6-13,15,19H,2-5,14H2,1H3. The van der Waals surface area contributed by atoms with Gasteiger partial charge in [-0.25, -0.2) is 0 Å². The van der Waals surface area contributed by atoms with E-state index in [1.807, 2.05) is 30.6 Å². The SMILES string of the molecule is CCCCCCOc1ccc(C=Cc2cc[nH]c2)cc1. The van der Waals surface area contributed by atoms with Gasteiger partial charge < -0.3 is 9.72 Å². The summed E-state index contributed by atoms with van der Waals surface area (Å²) in [6.07, 6.45) is 13.1. The van der Waals surface area contributed by atoms with Crippen molar-refractivity contribution in [3.05, 3.63) is 53.9 Å². The van der Waals surface area contributed by atoms with E-state index in [-0.39, 0.29) is 0 Å². The summed E-state index contributed by atoms with van der Waals surface area (Å²) in [4.78, 5) is 3.04. The molecule has 1 N–H and O–H groups in total. The Kier molecular flexibility index (Phi) is 5.97. The van der Waals surface area contributed by atoms with Crippen molar-refractivity contribution >= 4 is 12.2 Å². The van der Waals surface area contributed by atoms with Crippen molar-refractivity contribution in [2.24, 2.45) is 0 Å². The molecule has 0 aliphatic carbocycles. The summed E-state index contributed by atoms with van der Waals surface area (Å²) in [5.41, 5.74) is 2.37. The zero-order valence-electron chi connectivity index (χ0n) is 12.1. The van der Waals surface area contributed by atoms with Gasteiger partial charge in [-0.05, 0) is 35.7 Å². The molecule has 0 fully saturated rings. The molecule has 2 aromatic rings. The third kappa shape index (κ3) is 4.96. The molecule has 0 saturated carbocycles. The van der Waals surface area contributed by atoms with Gasteiger partial charge >= 0.3 is 0 Å². The van der Waals surface area contributed by atoms with E-state index in [9.17, 15) is 0 Å². The second kappa shape index (κ2) is 8.26. The van der Waals surface area contributed by atoms with Crippen LogP contribution in [0.2, 0.25) is 0 Å². The predicted octanol–water partition coefficient (Wildman–Crippen LogP) is 5.14. The van der Waals surface area contributed by atoms with Crippen molar-refractivity contribution in [3.8, 4) is 5.75 Å². The zero-order valence-corrected chi connectivity index (χ0v) is 12.1. The van der Waals surface area contributed by atoms with Gasteiger partial charge in [0.2, 0.25) is 0 Å². The highest BCUT2D eigenvalue weighted by molar-refractivity contribution is 5.69. The van der Waals surface area contributed by atoms with Crippen LogP contribution in [0.25, 0.3) is 12.2 Å². The van der Waals surface area contributed by atoms with Gasteiger partial charge in [0, 0.05) is 12.4 Å². The molecule has 106 valence electrons. The molecule has 0 bridgehead atoms. The summed E-state index contributed by atoms with van der Waals surface area (Å²) in [5, 5.41) is 0. The van der Waals surface area contributed by atoms with Crippen LogP contribution in [0.3, 0.4) is 0 Å². The van der Waals surface area contributed by atoms with E-state index in [4.69, 9.17) is 4.74 Å². The molecule has 0 spiro atoms. The topological polar surface area (TPSA) is 25.0 Å². The van der Waals surface area contributed by atoms with Gasteiger partial charge in [-0.3, -0.25) is 0 Å². The Morgan fingerprint density at radius 2 is 1.75 bits per heavy atom. The van der Waals surface area contributed by atoms with E-state index in [1.54, 1.807) is 0 Å². The first kappa shape index (κ1) is 14.4. The molecule has 2 heteroatoms. The lowest BCUT2D eigenvalue weighted by atomic mass is 10.2. The molecule has 0 saturated heterocycles. The number of nitrogens with one attached hydrogen (secondary N) is 1. The summed E-state index contributed by atoms with van der Waals surface area (Å²) in [5.74, 6) is 0.959. The number of aromatic amines is 1. The Bertz CT molecular complexity index is 497. The molecular weight excluding hydrogens is 246 g/mol. The first-order chi connectivity index (χ1) is 9.88. The van der Waals surface area contributed by atoms with E-state index in [1.165, 1.54) is 30.4 Å². The minimum absolute atomic E-state index is 0.818. The fourth-order valence-corrected chi connectivity index (χ4v) is 2.03. The number of ether oxygens (including phenoxy) is 1. The first-order valence-corrected chi connectivity index (χ1v) is 7.42. The van der Waals surface area contributed by atoms with Gasteiger partial charge in [-0.15, -0.1) is 0 Å². The highest BCUT2D eigenvalue weighted by Crippen LogP contribution is 2.15. The number of hydrogen-bond acceptors (Lipinski definition) is 1. The summed E-state index contributed by atoms with van der Waals surface area (Å²) < 4.78 is 5.73. The Morgan fingerprint density at radius 3 is 2.45 bits per heavy atom. The predicted molar refractivity (Wildman–Crippen MR) is 85.8 cm³/mol. The Balaban J connectivity index is 1.78. The first-order valence-electron chi connectivity index (χ1n) is 7.42. The Labute approximate surface area is 121 Å². The molecule has 2 nitrogen and oxygen atoms in total. The largest absolute Gasteiger partial charge is 0.494 e. The number of rotatable bonds is 8. The summed E-state index contributed by atoms with van der Waals surface area (Å²) >= 11 is 0. The average Bonchev–Trinajstić information content (AvgIpc) is 2.99. The van der Waals surface area contributed by atoms with E-state index in [0.717, 1.165) is 18.8 Å². The second-order valence-corrected chi connectivity index (χ2v) is 4.96. The quantitative estimate of drug-likeness (QED) is 0.659. The van der Waals surface area contributed by atoms with E-state index in [0.29, 0.717) is 0 Å². The zero-order chi connectivity index (χ0) is 14.0. The molecule has 0 unspecified atom stereocenters. The van der Waals surface area contributed by atoms with Crippen molar-refractivity contribution in [1.29, 1.82) is 0 Å². The number of H-pyrrole nitrogens is 1. The van der Waals surface area contributed by atoms with Crippen LogP contribution in [0.5, 0.6) is 5.75 Å². The van der Waals surface area contributed by atoms with E-state index in [2.05, 4.69) is 36.2 Å². The molecule has 0 aliphatic heterocycles. The van der Waals surface area contributed by atoms with E-state index < -0.39 is 0 Å². The van der Waals surface area contributed by atoms with Gasteiger partial charge in [0.05, 0.1) is 6.61 Å². The smallest absolute Gasteiger partial charge is 0.119 e. The lowest BCUT2D eigenvalue weighted by molar-refractivity contribution is 0.305. The van der Waals surface area contributed by atoms with Crippen LogP contribution in [0.15, 0.2) is 42.7 Å². The Hall–Kier alpha value is -1.96. The van der Waals surface area contributed by atoms with Gasteiger partial charge in [0.25, 0.3) is 0 Å². The molecule has 20 heavy (non-hydrogen) atoms. The maximum Gasteiger partial charge on any atom is 0.119 e. The minimum atomic E-state index is 0.818. The molecule has 1 aromatic carbocycles. The maximum absolute atomic E-state index is 5.73. The number of aromatic nitrogens is 1. The fraction of sp³-hybridized carbons (Fsp3) is 0.333. The summed E-state index contributed by atoms with van der Waals surface area (Å²) in [6.45, 7) is 3.04. The highest BCUT2D eigenvalue weighted by atomic mass is 16.5. The van der Waals surface area contributed by atoms with E-state index >= 15 is 0 Å². The molecule has 1 aromatic heterocycles. The molecule has 0 radical (unpaired) electrons. The van der Waals surface area contributed by atoms with Gasteiger partial charge in [0.1, 0.15) is 5.75 Å². The normalized spacial score (nSPS) is 11.1. The van der Waals surface area contributed by atoms with Crippen LogP contribution in [0.4, 0.5) is 0 Å². The third-order valence-corrected chi connectivity index (χ3v) is 3.24. The van der Waals surface area contributed by atoms with Crippen LogP contribution in [0, 0.1) is 0 Å². The minimum Gasteiger partial charge on any atom is -0.494 e. The molecular formula is C18H23NO. The van der Waals surface area contributed by atoms with Crippen LogP contribution in [-0.2, 0) is 0 Å².